The Bertz CT molecular complexity index is 521. The summed E-state index contributed by atoms with van der Waals surface area (Å²) in [6.07, 6.45) is 3.89. The van der Waals surface area contributed by atoms with Crippen LogP contribution in [0.1, 0.15) is 29.6 Å². The Balaban J connectivity index is 1.80. The third-order valence-electron chi connectivity index (χ3n) is 4.33. The third-order valence-corrected chi connectivity index (χ3v) is 4.79. The topological polar surface area (TPSA) is 43.8 Å². The Morgan fingerprint density at radius 1 is 1.20 bits per heavy atom. The van der Waals surface area contributed by atoms with Gasteiger partial charge in [-0.15, -0.1) is 0 Å². The molecule has 0 radical (unpaired) electrons. The van der Waals surface area contributed by atoms with Crippen molar-refractivity contribution in [2.24, 2.45) is 0 Å². The average Bonchev–Trinajstić information content (AvgIpc) is 2.46. The van der Waals surface area contributed by atoms with Crippen molar-refractivity contribution in [1.29, 1.82) is 0 Å². The van der Waals surface area contributed by atoms with Gasteiger partial charge in [0.2, 0.25) is 0 Å². The van der Waals surface area contributed by atoms with Gasteiger partial charge in [0.05, 0.1) is 5.56 Å². The molecule has 1 atom stereocenters. The molecule has 2 saturated heterocycles. The van der Waals surface area contributed by atoms with Crippen molar-refractivity contribution in [2.45, 2.75) is 25.3 Å². The largest absolute Gasteiger partial charge is 0.478 e. The standard InChI is InChI=1S/C15H19BrN2O2/c16-12-7-11(15(19)20)8-14(9-12)18-6-5-17-4-2-1-3-13(17)10-18/h7-9,13H,1-6,10H2,(H,19,20). The minimum Gasteiger partial charge on any atom is -0.478 e. The number of aromatic carboxylic acids is 1. The van der Waals surface area contributed by atoms with E-state index in [0.717, 1.165) is 29.8 Å². The number of carboxylic acids is 1. The lowest BCUT2D eigenvalue weighted by Crippen LogP contribution is -2.54. The maximum Gasteiger partial charge on any atom is 0.335 e. The number of rotatable bonds is 2. The maximum atomic E-state index is 11.2. The van der Waals surface area contributed by atoms with Gasteiger partial charge in [-0.05, 0) is 37.6 Å². The second kappa shape index (κ2) is 5.74. The van der Waals surface area contributed by atoms with Crippen LogP contribution >= 0.6 is 15.9 Å². The number of fused-ring (bicyclic) bond motifs is 1. The molecule has 2 aliphatic heterocycles. The summed E-state index contributed by atoms with van der Waals surface area (Å²) in [5.74, 6) is -0.871. The van der Waals surface area contributed by atoms with Crippen molar-refractivity contribution in [3.8, 4) is 0 Å². The SMILES string of the molecule is O=C(O)c1cc(Br)cc(N2CCN3CCCCC3C2)c1. The number of piperazine rings is 1. The van der Waals surface area contributed by atoms with E-state index >= 15 is 0 Å². The molecule has 1 unspecified atom stereocenters. The van der Waals surface area contributed by atoms with E-state index in [-0.39, 0.29) is 0 Å². The number of halogens is 1. The number of piperidine rings is 1. The van der Waals surface area contributed by atoms with Gasteiger partial charge in [-0.2, -0.15) is 0 Å². The molecular formula is C15H19BrN2O2. The highest BCUT2D eigenvalue weighted by Gasteiger charge is 2.29. The molecule has 0 aliphatic carbocycles. The molecule has 1 aromatic carbocycles. The number of carboxylic acid groups (broad SMARTS) is 1. The number of anilines is 1. The molecule has 1 N–H and O–H groups in total. The van der Waals surface area contributed by atoms with E-state index in [2.05, 4.69) is 25.7 Å². The summed E-state index contributed by atoms with van der Waals surface area (Å²) in [4.78, 5) is 16.1. The quantitative estimate of drug-likeness (QED) is 0.900. The van der Waals surface area contributed by atoms with Crippen LogP contribution in [0.5, 0.6) is 0 Å². The second-order valence-corrected chi connectivity index (χ2v) is 6.55. The van der Waals surface area contributed by atoms with E-state index < -0.39 is 5.97 Å². The Morgan fingerprint density at radius 2 is 2.05 bits per heavy atom. The molecule has 0 saturated carbocycles. The van der Waals surface area contributed by atoms with Crippen LogP contribution in [0, 0.1) is 0 Å². The summed E-state index contributed by atoms with van der Waals surface area (Å²) in [6.45, 7) is 4.29. The number of benzene rings is 1. The lowest BCUT2D eigenvalue weighted by Gasteiger charge is -2.45. The average molecular weight is 339 g/mol. The molecule has 2 aliphatic rings. The first-order valence-corrected chi connectivity index (χ1v) is 7.95. The molecule has 0 spiro atoms. The van der Waals surface area contributed by atoms with Crippen LogP contribution in [0.2, 0.25) is 0 Å². The molecule has 3 rings (SSSR count). The predicted octanol–water partition coefficient (Wildman–Crippen LogP) is 2.82. The summed E-state index contributed by atoms with van der Waals surface area (Å²) >= 11 is 3.42. The fourth-order valence-electron chi connectivity index (χ4n) is 3.27. The van der Waals surface area contributed by atoms with Gasteiger partial charge in [-0.25, -0.2) is 4.79 Å². The Kier molecular flexibility index (Phi) is 3.98. The number of hydrogen-bond acceptors (Lipinski definition) is 3. The fourth-order valence-corrected chi connectivity index (χ4v) is 3.75. The van der Waals surface area contributed by atoms with Crippen molar-refractivity contribution in [3.05, 3.63) is 28.2 Å². The van der Waals surface area contributed by atoms with Gasteiger partial charge in [0, 0.05) is 35.8 Å². The smallest absolute Gasteiger partial charge is 0.335 e. The molecular weight excluding hydrogens is 320 g/mol. The highest BCUT2D eigenvalue weighted by molar-refractivity contribution is 9.10. The van der Waals surface area contributed by atoms with Crippen LogP contribution in [0.4, 0.5) is 5.69 Å². The zero-order valence-electron chi connectivity index (χ0n) is 11.4. The lowest BCUT2D eigenvalue weighted by molar-refractivity contribution is 0.0697. The van der Waals surface area contributed by atoms with Gasteiger partial charge in [0.15, 0.2) is 0 Å². The van der Waals surface area contributed by atoms with Crippen LogP contribution in [-0.4, -0.2) is 48.2 Å². The predicted molar refractivity (Wildman–Crippen MR) is 82.5 cm³/mol. The lowest BCUT2D eigenvalue weighted by atomic mass is 9.99. The van der Waals surface area contributed by atoms with E-state index in [4.69, 9.17) is 0 Å². The Morgan fingerprint density at radius 3 is 2.85 bits per heavy atom. The zero-order valence-corrected chi connectivity index (χ0v) is 13.0. The van der Waals surface area contributed by atoms with Crippen molar-refractivity contribution in [1.82, 2.24) is 4.90 Å². The molecule has 1 aromatic rings. The van der Waals surface area contributed by atoms with Crippen LogP contribution in [-0.2, 0) is 0 Å². The van der Waals surface area contributed by atoms with E-state index in [0.29, 0.717) is 11.6 Å². The van der Waals surface area contributed by atoms with Crippen LogP contribution in [0.3, 0.4) is 0 Å². The zero-order chi connectivity index (χ0) is 14.1. The number of hydrogen-bond donors (Lipinski definition) is 1. The van der Waals surface area contributed by atoms with Crippen molar-refractivity contribution in [2.75, 3.05) is 31.1 Å². The molecule has 20 heavy (non-hydrogen) atoms. The van der Waals surface area contributed by atoms with Crippen molar-refractivity contribution >= 4 is 27.6 Å². The monoisotopic (exact) mass is 338 g/mol. The van der Waals surface area contributed by atoms with Gasteiger partial charge in [-0.1, -0.05) is 22.4 Å². The fraction of sp³-hybridized carbons (Fsp3) is 0.533. The molecule has 5 heteroatoms. The van der Waals surface area contributed by atoms with Gasteiger partial charge >= 0.3 is 5.97 Å². The Hall–Kier alpha value is -1.07. The molecule has 108 valence electrons. The van der Waals surface area contributed by atoms with Crippen molar-refractivity contribution < 1.29 is 9.90 Å². The first-order valence-electron chi connectivity index (χ1n) is 7.16. The number of carbonyl (C=O) groups is 1. The third kappa shape index (κ3) is 2.83. The normalized spacial score (nSPS) is 23.4. The second-order valence-electron chi connectivity index (χ2n) is 5.63. The summed E-state index contributed by atoms with van der Waals surface area (Å²) < 4.78 is 0.832. The van der Waals surface area contributed by atoms with E-state index in [1.165, 1.54) is 25.8 Å². The molecule has 4 nitrogen and oxygen atoms in total. The molecule has 2 fully saturated rings. The minimum atomic E-state index is -0.871. The van der Waals surface area contributed by atoms with Crippen LogP contribution in [0.25, 0.3) is 0 Å². The molecule has 0 bridgehead atoms. The van der Waals surface area contributed by atoms with Gasteiger partial charge in [0.1, 0.15) is 0 Å². The van der Waals surface area contributed by atoms with E-state index in [1.54, 1.807) is 12.1 Å². The summed E-state index contributed by atoms with van der Waals surface area (Å²) in [7, 11) is 0. The van der Waals surface area contributed by atoms with Crippen LogP contribution < -0.4 is 4.90 Å². The highest BCUT2D eigenvalue weighted by atomic mass is 79.9. The molecule has 2 heterocycles. The highest BCUT2D eigenvalue weighted by Crippen LogP contribution is 2.28. The van der Waals surface area contributed by atoms with Gasteiger partial charge < -0.3 is 10.0 Å². The first-order chi connectivity index (χ1) is 9.63. The van der Waals surface area contributed by atoms with E-state index in [9.17, 15) is 9.90 Å². The minimum absolute atomic E-state index is 0.348. The van der Waals surface area contributed by atoms with Crippen molar-refractivity contribution in [3.63, 3.8) is 0 Å². The molecule has 0 amide bonds. The maximum absolute atomic E-state index is 11.2. The van der Waals surface area contributed by atoms with Crippen LogP contribution in [0.15, 0.2) is 22.7 Å². The summed E-state index contributed by atoms with van der Waals surface area (Å²) in [5, 5.41) is 9.17. The summed E-state index contributed by atoms with van der Waals surface area (Å²) in [5.41, 5.74) is 1.36. The van der Waals surface area contributed by atoms with E-state index in [1.807, 2.05) is 6.07 Å². The Labute approximate surface area is 127 Å². The number of nitrogens with zero attached hydrogens (tertiary/aromatic N) is 2. The molecule has 0 aromatic heterocycles. The summed E-state index contributed by atoms with van der Waals surface area (Å²) in [6, 6.07) is 6.09. The van der Waals surface area contributed by atoms with Gasteiger partial charge in [0.25, 0.3) is 0 Å². The first kappa shape index (κ1) is 13.9. The van der Waals surface area contributed by atoms with Gasteiger partial charge in [-0.3, -0.25) is 4.90 Å².